The van der Waals surface area contributed by atoms with Crippen molar-refractivity contribution < 1.29 is 14.0 Å². The zero-order valence-electron chi connectivity index (χ0n) is 19.6. The van der Waals surface area contributed by atoms with Crippen LogP contribution in [0.2, 0.25) is 0 Å². The number of benzene rings is 1. The first kappa shape index (κ1) is 22.2. The molecule has 0 N–H and O–H groups in total. The second-order valence-electron chi connectivity index (χ2n) is 10.6. The lowest BCUT2D eigenvalue weighted by Gasteiger charge is -2.51. The monoisotopic (exact) mass is 448 g/mol. The van der Waals surface area contributed by atoms with Crippen molar-refractivity contribution in [2.24, 2.45) is 17.3 Å². The number of carbonyl (C=O) groups is 2. The fourth-order valence-electron chi connectivity index (χ4n) is 7.45. The lowest BCUT2D eigenvalue weighted by atomic mass is 9.53. The Balaban J connectivity index is 1.37. The summed E-state index contributed by atoms with van der Waals surface area (Å²) >= 11 is 0. The van der Waals surface area contributed by atoms with Gasteiger partial charge >= 0.3 is 0 Å². The number of nitrogens with zero attached hydrogens (tertiary/aromatic N) is 2. The molecule has 5 atom stereocenters. The Bertz CT molecular complexity index is 1070. The van der Waals surface area contributed by atoms with E-state index >= 15 is 0 Å². The number of aryl methyl sites for hydroxylation is 1. The summed E-state index contributed by atoms with van der Waals surface area (Å²) in [5, 5.41) is 0. The van der Waals surface area contributed by atoms with Crippen LogP contribution < -0.4 is 0 Å². The fourth-order valence-corrected chi connectivity index (χ4v) is 7.45. The number of rotatable bonds is 5. The molecule has 174 valence electrons. The van der Waals surface area contributed by atoms with Crippen molar-refractivity contribution in [2.75, 3.05) is 13.6 Å². The number of pyridine rings is 1. The summed E-state index contributed by atoms with van der Waals surface area (Å²) in [5.74, 6) is 1.98. The van der Waals surface area contributed by atoms with Crippen LogP contribution in [0.3, 0.4) is 0 Å². The number of halogens is 1. The first-order valence-electron chi connectivity index (χ1n) is 12.3. The summed E-state index contributed by atoms with van der Waals surface area (Å²) in [6.07, 6.45) is 11.2. The van der Waals surface area contributed by atoms with Crippen molar-refractivity contribution in [3.05, 3.63) is 64.7 Å². The van der Waals surface area contributed by atoms with E-state index in [1.54, 1.807) is 18.0 Å². The van der Waals surface area contributed by atoms with Gasteiger partial charge < -0.3 is 9.69 Å². The first-order chi connectivity index (χ1) is 15.9. The van der Waals surface area contributed by atoms with Crippen LogP contribution in [0.25, 0.3) is 0 Å². The van der Waals surface area contributed by atoms with Gasteiger partial charge in [-0.2, -0.15) is 0 Å². The lowest BCUT2D eigenvalue weighted by molar-refractivity contribution is -0.108. The maximum atomic E-state index is 13.9. The van der Waals surface area contributed by atoms with Crippen molar-refractivity contribution >= 4 is 12.2 Å². The molecular weight excluding hydrogens is 415 g/mol. The van der Waals surface area contributed by atoms with Gasteiger partial charge in [0.25, 0.3) is 5.91 Å². The summed E-state index contributed by atoms with van der Waals surface area (Å²) in [4.78, 5) is 29.2. The standard InChI is InChI=1S/C28H33FN2O2/c1-28-11-10-23-22-6-5-19(27(33)31(2)12-3-13-32)14-18(22)4-7-24(23)26(28)9-8-25(28)20-15-21(29)17-30-16-20/h5-6,13-17,23-26H,3-4,7-12H2,1-2H3. The van der Waals surface area contributed by atoms with E-state index < -0.39 is 0 Å². The zero-order valence-corrected chi connectivity index (χ0v) is 19.6. The van der Waals surface area contributed by atoms with E-state index in [9.17, 15) is 14.0 Å². The van der Waals surface area contributed by atoms with Gasteiger partial charge in [0, 0.05) is 31.8 Å². The van der Waals surface area contributed by atoms with Crippen LogP contribution >= 0.6 is 0 Å². The summed E-state index contributed by atoms with van der Waals surface area (Å²) in [5.41, 5.74) is 4.73. The number of carbonyl (C=O) groups excluding carboxylic acids is 2. The molecule has 5 heteroatoms. The highest BCUT2D eigenvalue weighted by molar-refractivity contribution is 5.94. The van der Waals surface area contributed by atoms with Crippen LogP contribution in [0, 0.1) is 23.1 Å². The second-order valence-corrected chi connectivity index (χ2v) is 10.6. The van der Waals surface area contributed by atoms with E-state index in [0.717, 1.165) is 49.5 Å². The number of amides is 1. The van der Waals surface area contributed by atoms with Crippen molar-refractivity contribution in [3.63, 3.8) is 0 Å². The summed E-state index contributed by atoms with van der Waals surface area (Å²) < 4.78 is 13.9. The molecule has 5 rings (SSSR count). The van der Waals surface area contributed by atoms with Crippen LogP contribution in [0.5, 0.6) is 0 Å². The largest absolute Gasteiger partial charge is 0.341 e. The normalized spacial score (nSPS) is 30.2. The molecule has 1 amide bonds. The Kier molecular flexibility index (Phi) is 5.84. The van der Waals surface area contributed by atoms with Gasteiger partial charge in [-0.15, -0.1) is 0 Å². The summed E-state index contributed by atoms with van der Waals surface area (Å²) in [6.45, 7) is 2.88. The third-order valence-electron chi connectivity index (χ3n) is 9.03. The molecule has 0 saturated heterocycles. The molecule has 0 bridgehead atoms. The average molecular weight is 449 g/mol. The van der Waals surface area contributed by atoms with Gasteiger partial charge in [-0.3, -0.25) is 9.78 Å². The molecule has 3 aliphatic rings. The second kappa shape index (κ2) is 8.66. The van der Waals surface area contributed by atoms with Crippen molar-refractivity contribution in [1.29, 1.82) is 0 Å². The van der Waals surface area contributed by atoms with E-state index in [2.05, 4.69) is 24.0 Å². The molecular formula is C28H33FN2O2. The van der Waals surface area contributed by atoms with Crippen molar-refractivity contribution in [3.8, 4) is 0 Å². The number of hydrogen-bond donors (Lipinski definition) is 0. The molecule has 0 spiro atoms. The Morgan fingerprint density at radius 1 is 1.21 bits per heavy atom. The minimum atomic E-state index is -0.234. The molecule has 2 saturated carbocycles. The van der Waals surface area contributed by atoms with Crippen LogP contribution in [0.1, 0.15) is 84.3 Å². The summed E-state index contributed by atoms with van der Waals surface area (Å²) in [7, 11) is 1.76. The minimum absolute atomic E-state index is 0.0136. The number of hydrogen-bond acceptors (Lipinski definition) is 3. The predicted molar refractivity (Wildman–Crippen MR) is 126 cm³/mol. The predicted octanol–water partition coefficient (Wildman–Crippen LogP) is 5.52. The molecule has 5 unspecified atom stereocenters. The van der Waals surface area contributed by atoms with Crippen molar-refractivity contribution in [2.45, 2.75) is 63.7 Å². The third kappa shape index (κ3) is 3.79. The van der Waals surface area contributed by atoms with Crippen LogP contribution in [0.15, 0.2) is 36.7 Å². The van der Waals surface area contributed by atoms with E-state index in [-0.39, 0.29) is 17.1 Å². The smallest absolute Gasteiger partial charge is 0.253 e. The quantitative estimate of drug-likeness (QED) is 0.566. The van der Waals surface area contributed by atoms with Crippen LogP contribution in [0.4, 0.5) is 4.39 Å². The maximum absolute atomic E-state index is 13.9. The Morgan fingerprint density at radius 3 is 2.85 bits per heavy atom. The minimum Gasteiger partial charge on any atom is -0.341 e. The molecule has 2 fully saturated rings. The van der Waals surface area contributed by atoms with E-state index in [1.807, 2.05) is 12.3 Å². The lowest BCUT2D eigenvalue weighted by Crippen LogP contribution is -2.41. The third-order valence-corrected chi connectivity index (χ3v) is 9.03. The summed E-state index contributed by atoms with van der Waals surface area (Å²) in [6, 6.07) is 7.95. The van der Waals surface area contributed by atoms with Gasteiger partial charge in [-0.1, -0.05) is 13.0 Å². The molecule has 33 heavy (non-hydrogen) atoms. The molecule has 1 aromatic carbocycles. The zero-order chi connectivity index (χ0) is 23.2. The van der Waals surface area contributed by atoms with E-state index in [0.29, 0.717) is 36.6 Å². The maximum Gasteiger partial charge on any atom is 0.253 e. The highest BCUT2D eigenvalue weighted by Crippen LogP contribution is 2.65. The van der Waals surface area contributed by atoms with Gasteiger partial charge in [-0.25, -0.2) is 4.39 Å². The molecule has 1 aromatic heterocycles. The van der Waals surface area contributed by atoms with Crippen LogP contribution in [-0.2, 0) is 11.2 Å². The molecule has 2 aromatic rings. The first-order valence-corrected chi connectivity index (χ1v) is 12.3. The highest BCUT2D eigenvalue weighted by Gasteiger charge is 2.55. The topological polar surface area (TPSA) is 50.3 Å². The van der Waals surface area contributed by atoms with Gasteiger partial charge in [0.05, 0.1) is 6.20 Å². The average Bonchev–Trinajstić information content (AvgIpc) is 3.18. The van der Waals surface area contributed by atoms with Gasteiger partial charge in [-0.05, 0) is 103 Å². The molecule has 3 aliphatic carbocycles. The van der Waals surface area contributed by atoms with Gasteiger partial charge in [0.1, 0.15) is 12.1 Å². The highest BCUT2D eigenvalue weighted by atomic mass is 19.1. The van der Waals surface area contributed by atoms with Gasteiger partial charge in [0.15, 0.2) is 0 Å². The number of aromatic nitrogens is 1. The van der Waals surface area contributed by atoms with Crippen molar-refractivity contribution in [1.82, 2.24) is 9.88 Å². The SMILES string of the molecule is CN(CCC=O)C(=O)c1ccc2c(c1)CCC1C2CCC2(C)C(c3cncc(F)c3)CCC12. The molecule has 0 aliphatic heterocycles. The Morgan fingerprint density at radius 2 is 2.06 bits per heavy atom. The number of aldehydes is 1. The number of fused-ring (bicyclic) bond motifs is 5. The van der Waals surface area contributed by atoms with Crippen LogP contribution in [-0.4, -0.2) is 35.7 Å². The molecule has 0 radical (unpaired) electrons. The van der Waals surface area contributed by atoms with E-state index in [4.69, 9.17) is 0 Å². The van der Waals surface area contributed by atoms with Gasteiger partial charge in [0.2, 0.25) is 0 Å². The molecule has 4 nitrogen and oxygen atoms in total. The van der Waals surface area contributed by atoms with E-state index in [1.165, 1.54) is 23.7 Å². The molecule has 1 heterocycles. The Hall–Kier alpha value is -2.56. The Labute approximate surface area is 195 Å². The fraction of sp³-hybridized carbons (Fsp3) is 0.536.